The number of carbonyl (C=O) groups is 1. The molecule has 1 unspecified atom stereocenters. The number of carbonyl (C=O) groups excluding carboxylic acids is 1. The van der Waals surface area contributed by atoms with Crippen molar-refractivity contribution in [2.75, 3.05) is 17.7 Å². The molecule has 0 radical (unpaired) electrons. The molecule has 10 heteroatoms. The zero-order chi connectivity index (χ0) is 25.7. The van der Waals surface area contributed by atoms with E-state index in [0.29, 0.717) is 40.2 Å². The van der Waals surface area contributed by atoms with E-state index in [0.717, 1.165) is 16.6 Å². The number of pyridine rings is 3. The number of anilines is 3. The second kappa shape index (κ2) is 10.8. The molecule has 0 aromatic carbocycles. The number of hydrogen-bond donors (Lipinski definition) is 3. The first-order valence-corrected chi connectivity index (χ1v) is 11.4. The quantitative estimate of drug-likeness (QED) is 0.315. The van der Waals surface area contributed by atoms with Gasteiger partial charge in [0, 0.05) is 38.1 Å². The minimum atomic E-state index is -0.452. The Hall–Kier alpha value is -4.60. The smallest absolute Gasteiger partial charge is 0.222 e. The predicted octanol–water partition coefficient (Wildman–Crippen LogP) is 4.49. The summed E-state index contributed by atoms with van der Waals surface area (Å²) in [7, 11) is 1.67. The van der Waals surface area contributed by atoms with Gasteiger partial charge in [-0.2, -0.15) is 5.10 Å². The van der Waals surface area contributed by atoms with Crippen molar-refractivity contribution in [3.63, 3.8) is 0 Å². The third-order valence-electron chi connectivity index (χ3n) is 5.50. The van der Waals surface area contributed by atoms with Gasteiger partial charge in [0.15, 0.2) is 5.82 Å². The molecule has 3 N–H and O–H groups in total. The summed E-state index contributed by atoms with van der Waals surface area (Å²) in [5.74, 6) is 1.34. The zero-order valence-corrected chi connectivity index (χ0v) is 20.5. The van der Waals surface area contributed by atoms with Crippen LogP contribution in [0.3, 0.4) is 0 Å². The maximum atomic E-state index is 11.3. The fraction of sp³-hybridized carbons (Fsp3) is 0.231. The van der Waals surface area contributed by atoms with E-state index < -0.39 is 5.92 Å². The molecule has 1 amide bonds. The fourth-order valence-electron chi connectivity index (χ4n) is 3.62. The van der Waals surface area contributed by atoms with Crippen LogP contribution in [-0.2, 0) is 4.79 Å². The van der Waals surface area contributed by atoms with Gasteiger partial charge in [0.1, 0.15) is 11.6 Å². The van der Waals surface area contributed by atoms with Crippen LogP contribution in [0.4, 0.5) is 17.5 Å². The molecule has 0 aliphatic rings. The average Bonchev–Trinajstić information content (AvgIpc) is 2.87. The molecule has 1 atom stereocenters. The van der Waals surface area contributed by atoms with Crippen molar-refractivity contribution in [3.05, 3.63) is 71.7 Å². The minimum Gasteiger partial charge on any atom is -0.323 e. The lowest BCUT2D eigenvalue weighted by Crippen LogP contribution is -2.16. The van der Waals surface area contributed by atoms with Gasteiger partial charge in [0.25, 0.3) is 0 Å². The minimum absolute atomic E-state index is 0.204. The van der Waals surface area contributed by atoms with Gasteiger partial charge in [-0.3, -0.25) is 14.8 Å². The lowest BCUT2D eigenvalue weighted by Gasteiger charge is -2.15. The molecule has 4 heterocycles. The Bertz CT molecular complexity index is 1430. The van der Waals surface area contributed by atoms with Crippen molar-refractivity contribution < 1.29 is 4.79 Å². The highest BCUT2D eigenvalue weighted by atomic mass is 16.1. The van der Waals surface area contributed by atoms with Crippen LogP contribution >= 0.6 is 0 Å². The van der Waals surface area contributed by atoms with Gasteiger partial charge in [0.2, 0.25) is 5.91 Å². The first-order valence-electron chi connectivity index (χ1n) is 11.4. The van der Waals surface area contributed by atoms with Crippen LogP contribution in [0.25, 0.3) is 11.0 Å². The average molecular weight is 482 g/mol. The second-order valence-corrected chi connectivity index (χ2v) is 8.57. The fourth-order valence-corrected chi connectivity index (χ4v) is 3.62. The summed E-state index contributed by atoms with van der Waals surface area (Å²) in [5, 5.41) is 22.9. The molecule has 182 valence electrons. The number of amides is 1. The maximum absolute atomic E-state index is 11.3. The predicted molar refractivity (Wildman–Crippen MR) is 141 cm³/mol. The van der Waals surface area contributed by atoms with Gasteiger partial charge in [-0.05, 0) is 53.4 Å². The molecule has 4 aromatic rings. The molecule has 0 spiro atoms. The van der Waals surface area contributed by atoms with Crippen LogP contribution in [0.2, 0.25) is 0 Å². The number of aromatic nitrogens is 5. The summed E-state index contributed by atoms with van der Waals surface area (Å²) < 4.78 is 0. The molecular formula is C26H27N9O. The zero-order valence-electron chi connectivity index (χ0n) is 20.5. The highest BCUT2D eigenvalue weighted by molar-refractivity contribution is 6.12. The van der Waals surface area contributed by atoms with Crippen LogP contribution in [-0.4, -0.2) is 50.0 Å². The van der Waals surface area contributed by atoms with Gasteiger partial charge in [-0.25, -0.2) is 9.97 Å². The highest BCUT2D eigenvalue weighted by Crippen LogP contribution is 2.24. The van der Waals surface area contributed by atoms with E-state index in [4.69, 9.17) is 10.4 Å². The Balaban J connectivity index is 1.62. The number of nitrogens with one attached hydrogen (secondary N) is 3. The molecule has 4 rings (SSSR count). The summed E-state index contributed by atoms with van der Waals surface area (Å²) in [5.41, 5.74) is 4.17. The van der Waals surface area contributed by atoms with Gasteiger partial charge in [-0.15, -0.1) is 5.10 Å². The number of fused-ring (bicyclic) bond motifs is 1. The summed E-state index contributed by atoms with van der Waals surface area (Å²) in [6.07, 6.45) is 6.75. The molecule has 0 fully saturated rings. The molecule has 0 saturated carbocycles. The van der Waals surface area contributed by atoms with E-state index in [-0.39, 0.29) is 5.91 Å². The highest BCUT2D eigenvalue weighted by Gasteiger charge is 2.19. The van der Waals surface area contributed by atoms with Crippen LogP contribution in [0.1, 0.15) is 49.3 Å². The third-order valence-corrected chi connectivity index (χ3v) is 5.50. The summed E-state index contributed by atoms with van der Waals surface area (Å²) in [6.45, 7) is 5.62. The van der Waals surface area contributed by atoms with Gasteiger partial charge < -0.3 is 16.0 Å². The molecule has 10 nitrogen and oxygen atoms in total. The van der Waals surface area contributed by atoms with Crippen molar-refractivity contribution in [2.45, 2.75) is 32.6 Å². The number of nitrogens with zero attached hydrogens (tertiary/aromatic N) is 6. The Labute approximate surface area is 208 Å². The lowest BCUT2D eigenvalue weighted by atomic mass is 9.92. The van der Waals surface area contributed by atoms with E-state index in [1.807, 2.05) is 24.3 Å². The van der Waals surface area contributed by atoms with E-state index in [2.05, 4.69) is 49.6 Å². The number of hydrogen-bond acceptors (Lipinski definition) is 9. The van der Waals surface area contributed by atoms with Crippen molar-refractivity contribution in [3.8, 4) is 0 Å². The molecular weight excluding hydrogens is 454 g/mol. The van der Waals surface area contributed by atoms with Gasteiger partial charge >= 0.3 is 0 Å². The van der Waals surface area contributed by atoms with E-state index in [9.17, 15) is 4.79 Å². The third kappa shape index (κ3) is 5.72. The van der Waals surface area contributed by atoms with Gasteiger partial charge in [-0.1, -0.05) is 13.8 Å². The molecule has 0 bridgehead atoms. The topological polar surface area (TPSA) is 142 Å². The van der Waals surface area contributed by atoms with Crippen LogP contribution < -0.4 is 10.6 Å². The number of aliphatic imine (C=N–C) groups is 1. The second-order valence-electron chi connectivity index (χ2n) is 8.57. The molecule has 4 aromatic heterocycles. The summed E-state index contributed by atoms with van der Waals surface area (Å²) >= 11 is 0. The largest absolute Gasteiger partial charge is 0.323 e. The maximum Gasteiger partial charge on any atom is 0.222 e. The lowest BCUT2D eigenvalue weighted by molar-refractivity contribution is -0.114. The Morgan fingerprint density at radius 3 is 2.47 bits per heavy atom. The monoisotopic (exact) mass is 481 g/mol. The van der Waals surface area contributed by atoms with Crippen LogP contribution in [0.5, 0.6) is 0 Å². The molecule has 0 saturated heterocycles. The Kier molecular flexibility index (Phi) is 7.33. The van der Waals surface area contributed by atoms with E-state index in [1.165, 1.54) is 6.92 Å². The first kappa shape index (κ1) is 24.5. The summed E-state index contributed by atoms with van der Waals surface area (Å²) in [6, 6.07) is 11.0. The van der Waals surface area contributed by atoms with Crippen LogP contribution in [0, 0.1) is 5.41 Å². The first-order chi connectivity index (χ1) is 17.3. The van der Waals surface area contributed by atoms with E-state index >= 15 is 0 Å². The van der Waals surface area contributed by atoms with Crippen molar-refractivity contribution in [1.29, 1.82) is 5.41 Å². The van der Waals surface area contributed by atoms with Gasteiger partial charge in [0.05, 0.1) is 28.9 Å². The normalized spacial score (nSPS) is 12.1. The Morgan fingerprint density at radius 2 is 1.78 bits per heavy atom. The van der Waals surface area contributed by atoms with Crippen molar-refractivity contribution in [1.82, 2.24) is 25.1 Å². The van der Waals surface area contributed by atoms with Crippen molar-refractivity contribution in [2.24, 2.45) is 4.99 Å². The molecule has 0 aliphatic heterocycles. The SMILES string of the molecule is CN=CC(C(=N)c1ccc(NC(C)=O)nc1)c1cnc2ccc(Nc3cc(C(C)C)cnn3)nc2c1. The summed E-state index contributed by atoms with van der Waals surface area (Å²) in [4.78, 5) is 28.9. The Morgan fingerprint density at radius 1 is 0.972 bits per heavy atom. The van der Waals surface area contributed by atoms with Crippen LogP contribution in [0.15, 0.2) is 60.0 Å². The number of rotatable bonds is 8. The molecule has 36 heavy (non-hydrogen) atoms. The molecule has 0 aliphatic carbocycles. The van der Waals surface area contributed by atoms with E-state index in [1.54, 1.807) is 44.0 Å². The van der Waals surface area contributed by atoms with Crippen molar-refractivity contribution >= 4 is 46.3 Å². The standard InChI is InChI=1S/C26H27N9O/c1-15(2)18-10-25(35-31-13-18)34-24-8-6-21-22(33-24)9-19(12-29-21)20(14-28-4)26(27)17-5-7-23(30-11-17)32-16(3)36/h5-15,20,27H,1-4H3,(H,30,32,36)(H,33,34,35).